The van der Waals surface area contributed by atoms with Gasteiger partial charge in [0.25, 0.3) is 0 Å². The third-order valence-electron chi connectivity index (χ3n) is 4.21. The van der Waals surface area contributed by atoms with E-state index in [0.29, 0.717) is 11.4 Å². The Bertz CT molecular complexity index is 893. The topological polar surface area (TPSA) is 7.94 Å². The molecule has 0 amide bonds. The van der Waals surface area contributed by atoms with Gasteiger partial charge in [-0.25, -0.2) is 0 Å². The van der Waals surface area contributed by atoms with Crippen molar-refractivity contribution in [2.45, 2.75) is 6.92 Å². The van der Waals surface area contributed by atoms with E-state index in [9.17, 15) is 8.63 Å². The second kappa shape index (κ2) is 4.52. The number of aryl methyl sites for hydroxylation is 1. The molecule has 3 heterocycles. The molecule has 0 radical (unpaired) electrons. The zero-order valence-corrected chi connectivity index (χ0v) is 13.4. The van der Waals surface area contributed by atoms with Crippen LogP contribution in [0.4, 0.5) is 8.63 Å². The van der Waals surface area contributed by atoms with E-state index in [0.717, 1.165) is 30.1 Å². The monoisotopic (exact) mass is 360 g/mol. The van der Waals surface area contributed by atoms with Gasteiger partial charge in [0.05, 0.1) is 5.57 Å². The number of rotatable bonds is 1. The van der Waals surface area contributed by atoms with Crippen LogP contribution in [0.2, 0.25) is 0 Å². The Balaban J connectivity index is 2.09. The average Bonchev–Trinajstić information content (AvgIpc) is 3.12. The van der Waals surface area contributed by atoms with Crippen LogP contribution >= 0.6 is 15.9 Å². The minimum Gasteiger partial charge on any atom is -0.396 e. The number of halogens is 3. The molecule has 0 aliphatic carbocycles. The van der Waals surface area contributed by atoms with Crippen LogP contribution in [0.1, 0.15) is 16.8 Å². The molecule has 2 aromatic rings. The van der Waals surface area contributed by atoms with E-state index in [4.69, 9.17) is 0 Å². The van der Waals surface area contributed by atoms with Gasteiger partial charge in [0, 0.05) is 22.3 Å². The maximum absolute atomic E-state index is 14.7. The molecule has 2 aliphatic rings. The van der Waals surface area contributed by atoms with Crippen LogP contribution in [0, 0.1) is 6.92 Å². The van der Waals surface area contributed by atoms with Gasteiger partial charge in [-0.05, 0) is 48.5 Å². The Labute approximate surface area is 135 Å². The lowest BCUT2D eigenvalue weighted by Crippen LogP contribution is -2.49. The van der Waals surface area contributed by atoms with Gasteiger partial charge in [0.15, 0.2) is 5.70 Å². The van der Waals surface area contributed by atoms with Gasteiger partial charge < -0.3 is 17.6 Å². The second-order valence-corrected chi connectivity index (χ2v) is 6.44. The zero-order chi connectivity index (χ0) is 15.5. The van der Waals surface area contributed by atoms with Crippen LogP contribution in [0.15, 0.2) is 58.9 Å². The zero-order valence-electron chi connectivity index (χ0n) is 11.8. The van der Waals surface area contributed by atoms with Gasteiger partial charge in [0.2, 0.25) is 0 Å². The first-order chi connectivity index (χ1) is 10.5. The van der Waals surface area contributed by atoms with Crippen LogP contribution in [-0.4, -0.2) is 22.1 Å². The first-order valence-corrected chi connectivity index (χ1v) is 7.80. The summed E-state index contributed by atoms with van der Waals surface area (Å²) in [4.78, 5) is 0. The van der Waals surface area contributed by atoms with Gasteiger partial charge in [-0.2, -0.15) is 0 Å². The molecule has 6 heteroatoms. The first-order valence-electron chi connectivity index (χ1n) is 7.00. The van der Waals surface area contributed by atoms with Crippen molar-refractivity contribution in [2.24, 2.45) is 0 Å². The molecule has 1 aromatic heterocycles. The van der Waals surface area contributed by atoms with E-state index in [1.54, 1.807) is 24.3 Å². The number of benzene rings is 1. The normalized spacial score (nSPS) is 18.3. The molecule has 0 saturated carbocycles. The molecule has 0 saturated heterocycles. The SMILES string of the molecule is Cc1ccc(Br)cc1C1=C2C=CC=[N+]2[B-](F)(F)n2cccc21. The summed E-state index contributed by atoms with van der Waals surface area (Å²) in [7, 11) is 0. The van der Waals surface area contributed by atoms with Crippen molar-refractivity contribution in [1.29, 1.82) is 0 Å². The van der Waals surface area contributed by atoms with E-state index < -0.39 is 6.97 Å². The van der Waals surface area contributed by atoms with Gasteiger partial charge >= 0.3 is 6.97 Å². The number of allylic oxidation sites excluding steroid dienone is 2. The average molecular weight is 361 g/mol. The van der Waals surface area contributed by atoms with Crippen molar-refractivity contribution in [3.63, 3.8) is 0 Å². The molecule has 0 spiro atoms. The number of fused-ring (bicyclic) bond motifs is 2. The van der Waals surface area contributed by atoms with Gasteiger partial charge in [-0.3, -0.25) is 0 Å². The predicted molar refractivity (Wildman–Crippen MR) is 88.2 cm³/mol. The predicted octanol–water partition coefficient (Wildman–Crippen LogP) is 4.21. The third kappa shape index (κ3) is 1.73. The van der Waals surface area contributed by atoms with Crippen LogP contribution in [0.5, 0.6) is 0 Å². The summed E-state index contributed by atoms with van der Waals surface area (Å²) in [6.07, 6.45) is 6.32. The van der Waals surface area contributed by atoms with E-state index in [-0.39, 0.29) is 0 Å². The molecule has 0 bridgehead atoms. The van der Waals surface area contributed by atoms with E-state index >= 15 is 0 Å². The largest absolute Gasteiger partial charge is 0.737 e. The van der Waals surface area contributed by atoms with Gasteiger partial charge in [-0.1, -0.05) is 22.0 Å². The summed E-state index contributed by atoms with van der Waals surface area (Å²) in [6, 6.07) is 9.35. The van der Waals surface area contributed by atoms with E-state index in [2.05, 4.69) is 15.9 Å². The van der Waals surface area contributed by atoms with Crippen LogP contribution in [0.25, 0.3) is 5.57 Å². The molecular formula is C16H12BBrF2N2. The summed E-state index contributed by atoms with van der Waals surface area (Å²) < 4.78 is 32.5. The summed E-state index contributed by atoms with van der Waals surface area (Å²) >= 11 is 3.48. The molecule has 2 aliphatic heterocycles. The lowest BCUT2D eigenvalue weighted by molar-refractivity contribution is -0.356. The van der Waals surface area contributed by atoms with Gasteiger partial charge in [-0.15, -0.1) is 0 Å². The van der Waals surface area contributed by atoms with Crippen molar-refractivity contribution in [3.05, 3.63) is 75.7 Å². The fraction of sp³-hybridized carbons (Fsp3) is 0.0625. The van der Waals surface area contributed by atoms with Crippen LogP contribution < -0.4 is 0 Å². The second-order valence-electron chi connectivity index (χ2n) is 5.52. The lowest BCUT2D eigenvalue weighted by Gasteiger charge is -2.31. The number of hydrogen-bond acceptors (Lipinski definition) is 0. The molecular weight excluding hydrogens is 349 g/mol. The molecule has 0 atom stereocenters. The highest BCUT2D eigenvalue weighted by molar-refractivity contribution is 9.10. The maximum Gasteiger partial charge on any atom is 0.737 e. The molecule has 0 unspecified atom stereocenters. The van der Waals surface area contributed by atoms with E-state index in [1.165, 1.54) is 12.4 Å². The molecule has 2 nitrogen and oxygen atoms in total. The first kappa shape index (κ1) is 13.7. The summed E-state index contributed by atoms with van der Waals surface area (Å²) in [5.74, 6) is 0. The van der Waals surface area contributed by atoms with Crippen molar-refractivity contribution >= 4 is 34.7 Å². The van der Waals surface area contributed by atoms with Crippen molar-refractivity contribution in [1.82, 2.24) is 4.48 Å². The highest BCUT2D eigenvalue weighted by atomic mass is 79.9. The molecule has 0 fully saturated rings. The quantitative estimate of drug-likeness (QED) is 0.673. The number of nitrogens with zero attached hydrogens (tertiary/aromatic N) is 2. The van der Waals surface area contributed by atoms with Crippen molar-refractivity contribution < 1.29 is 13.1 Å². The molecule has 110 valence electrons. The van der Waals surface area contributed by atoms with E-state index in [1.807, 2.05) is 25.1 Å². The minimum atomic E-state index is -3.83. The summed E-state index contributed by atoms with van der Waals surface area (Å²) in [6.45, 7) is -1.84. The smallest absolute Gasteiger partial charge is 0.396 e. The molecule has 1 aromatic carbocycles. The lowest BCUT2D eigenvalue weighted by atomic mass is 9.85. The summed E-state index contributed by atoms with van der Waals surface area (Å²) in [5.41, 5.74) is 3.95. The highest BCUT2D eigenvalue weighted by Crippen LogP contribution is 2.39. The fourth-order valence-electron chi connectivity index (χ4n) is 3.16. The Morgan fingerprint density at radius 1 is 1.23 bits per heavy atom. The Hall–Kier alpha value is -1.95. The number of aromatic nitrogens is 1. The van der Waals surface area contributed by atoms with Crippen LogP contribution in [-0.2, 0) is 0 Å². The molecule has 22 heavy (non-hydrogen) atoms. The Morgan fingerprint density at radius 3 is 2.86 bits per heavy atom. The fourth-order valence-corrected chi connectivity index (χ4v) is 3.52. The van der Waals surface area contributed by atoms with Crippen molar-refractivity contribution in [3.8, 4) is 0 Å². The summed E-state index contributed by atoms with van der Waals surface area (Å²) in [5, 5.41) is 0. The standard InChI is InChI=1S/C16H12BBrF2N2/c1-11-6-7-12(18)10-13(11)16-14-4-2-8-21(14)17(19,20)22-9-3-5-15(16)22/h2-10H,1H3. The molecule has 0 N–H and O–H groups in total. The Morgan fingerprint density at radius 2 is 2.05 bits per heavy atom. The number of hydrogen-bond donors (Lipinski definition) is 0. The minimum absolute atomic E-state index is 0.553. The van der Waals surface area contributed by atoms with Crippen molar-refractivity contribution in [2.75, 3.05) is 0 Å². The highest BCUT2D eigenvalue weighted by Gasteiger charge is 2.51. The maximum atomic E-state index is 14.7. The Kier molecular flexibility index (Phi) is 2.82. The third-order valence-corrected chi connectivity index (χ3v) is 4.70. The van der Waals surface area contributed by atoms with Crippen LogP contribution in [0.3, 0.4) is 0 Å². The molecule has 4 rings (SSSR count). The van der Waals surface area contributed by atoms with Gasteiger partial charge in [0.1, 0.15) is 6.21 Å².